The van der Waals surface area contributed by atoms with Gasteiger partial charge in [-0.1, -0.05) is 30.3 Å². The molecule has 2 aliphatic rings. The number of benzene rings is 2. The minimum atomic E-state index is -0.767. The number of nitriles is 1. The lowest BCUT2D eigenvalue weighted by molar-refractivity contribution is -0.138. The number of ether oxygens (including phenoxy) is 5. The molecule has 0 aromatic heterocycles. The average molecular weight is 540 g/mol. The van der Waals surface area contributed by atoms with Crippen molar-refractivity contribution in [3.8, 4) is 23.3 Å². The molecule has 4 rings (SSSR count). The van der Waals surface area contributed by atoms with E-state index in [1.165, 1.54) is 21.3 Å². The number of hydrogen-bond donors (Lipinski definition) is 3. The summed E-state index contributed by atoms with van der Waals surface area (Å²) in [4.78, 5) is 13.2. The van der Waals surface area contributed by atoms with Crippen molar-refractivity contribution in [2.45, 2.75) is 12.8 Å². The van der Waals surface area contributed by atoms with Crippen LogP contribution in [0.5, 0.6) is 17.2 Å². The summed E-state index contributed by atoms with van der Waals surface area (Å²) in [5.74, 6) is -0.0835. The zero-order chi connectivity index (χ0) is 27.5. The molecular weight excluding hydrogens is 506 g/mol. The Balaban J connectivity index is 0.000000585. The number of nitrogens with zero attached hydrogens (tertiary/aromatic N) is 1. The first-order valence-corrected chi connectivity index (χ1v) is 12.6. The van der Waals surface area contributed by atoms with Gasteiger partial charge in [-0.25, -0.2) is 4.79 Å². The molecule has 0 spiro atoms. The van der Waals surface area contributed by atoms with Crippen molar-refractivity contribution >= 4 is 24.3 Å². The number of hydrogen-bond acceptors (Lipinski definition) is 10. The zero-order valence-corrected chi connectivity index (χ0v) is 22.9. The molecule has 2 aromatic carbocycles. The van der Waals surface area contributed by atoms with E-state index in [1.807, 2.05) is 30.3 Å². The fraction of sp³-hybridized carbons (Fsp3) is 0.357. The summed E-state index contributed by atoms with van der Waals surface area (Å²) in [5, 5.41) is 16.6. The molecular formula is C28H33N3O6S. The van der Waals surface area contributed by atoms with Crippen LogP contribution in [0.3, 0.4) is 0 Å². The van der Waals surface area contributed by atoms with Gasteiger partial charge in [0.05, 0.1) is 75.0 Å². The summed E-state index contributed by atoms with van der Waals surface area (Å²) >= 11 is 4.53. The van der Waals surface area contributed by atoms with Crippen LogP contribution < -0.4 is 24.8 Å². The second-order valence-corrected chi connectivity index (χ2v) is 8.58. The molecule has 2 heterocycles. The van der Waals surface area contributed by atoms with Crippen LogP contribution in [0.15, 0.2) is 58.6 Å². The van der Waals surface area contributed by atoms with E-state index in [4.69, 9.17) is 23.7 Å². The molecule has 0 saturated carbocycles. The van der Waals surface area contributed by atoms with Crippen molar-refractivity contribution in [1.29, 1.82) is 5.26 Å². The Morgan fingerprint density at radius 3 is 2.16 bits per heavy atom. The van der Waals surface area contributed by atoms with Gasteiger partial charge in [0.1, 0.15) is 0 Å². The van der Waals surface area contributed by atoms with Gasteiger partial charge in [-0.2, -0.15) is 5.26 Å². The second kappa shape index (κ2) is 14.3. The highest BCUT2D eigenvalue weighted by Crippen LogP contribution is 2.46. The molecule has 0 radical (unpaired) electrons. The number of thiol groups is 1. The molecule has 1 saturated heterocycles. The van der Waals surface area contributed by atoms with E-state index in [1.54, 1.807) is 19.1 Å². The summed E-state index contributed by atoms with van der Waals surface area (Å²) in [6, 6.07) is 15.0. The third-order valence-electron chi connectivity index (χ3n) is 5.89. The van der Waals surface area contributed by atoms with Crippen LogP contribution in [0, 0.1) is 11.3 Å². The van der Waals surface area contributed by atoms with Crippen LogP contribution in [0.2, 0.25) is 0 Å². The lowest BCUT2D eigenvalue weighted by Gasteiger charge is -2.30. The predicted octanol–water partition coefficient (Wildman–Crippen LogP) is 3.64. The van der Waals surface area contributed by atoms with Gasteiger partial charge in [0.25, 0.3) is 0 Å². The van der Waals surface area contributed by atoms with E-state index < -0.39 is 11.9 Å². The van der Waals surface area contributed by atoms with Gasteiger partial charge >= 0.3 is 5.97 Å². The molecule has 202 valence electrons. The van der Waals surface area contributed by atoms with Crippen LogP contribution in [-0.2, 0) is 14.3 Å². The maximum atomic E-state index is 13.2. The Hall–Kier alpha value is -3.65. The largest absolute Gasteiger partial charge is 0.493 e. The number of carbonyl (C=O) groups excluding carboxylic acids is 1. The van der Waals surface area contributed by atoms with Gasteiger partial charge in [0.15, 0.2) is 11.5 Å². The third-order valence-corrected chi connectivity index (χ3v) is 6.24. The summed E-state index contributed by atoms with van der Waals surface area (Å²) in [6.07, 6.45) is 0. The van der Waals surface area contributed by atoms with Crippen molar-refractivity contribution in [3.05, 3.63) is 69.8 Å². The Morgan fingerprint density at radius 1 is 1.08 bits per heavy atom. The highest BCUT2D eigenvalue weighted by atomic mass is 32.1. The van der Waals surface area contributed by atoms with Gasteiger partial charge in [-0.3, -0.25) is 0 Å². The van der Waals surface area contributed by atoms with Crippen LogP contribution >= 0.6 is 12.6 Å². The monoisotopic (exact) mass is 539 g/mol. The maximum Gasteiger partial charge on any atom is 0.337 e. The molecule has 2 aliphatic heterocycles. The van der Waals surface area contributed by atoms with E-state index in [-0.39, 0.29) is 12.2 Å². The number of dihydropyridines is 1. The van der Waals surface area contributed by atoms with Crippen molar-refractivity contribution in [2.75, 3.05) is 54.2 Å². The minimum Gasteiger partial charge on any atom is -0.493 e. The Kier molecular flexibility index (Phi) is 10.9. The summed E-state index contributed by atoms with van der Waals surface area (Å²) in [6.45, 7) is 5.75. The minimum absolute atomic E-state index is 0.186. The average Bonchev–Trinajstić information content (AvgIpc) is 2.97. The van der Waals surface area contributed by atoms with E-state index in [0.717, 1.165) is 31.9 Å². The number of nitrogens with one attached hydrogen (secondary N) is 2. The van der Waals surface area contributed by atoms with Gasteiger partial charge < -0.3 is 34.3 Å². The lowest BCUT2D eigenvalue weighted by Crippen LogP contribution is -2.30. The molecule has 10 heteroatoms. The van der Waals surface area contributed by atoms with E-state index in [2.05, 4.69) is 29.3 Å². The van der Waals surface area contributed by atoms with Gasteiger partial charge in [-0.15, -0.1) is 12.6 Å². The molecule has 0 amide bonds. The number of carbonyl (C=O) groups is 1. The van der Waals surface area contributed by atoms with Crippen molar-refractivity contribution < 1.29 is 28.5 Å². The Bertz CT molecular complexity index is 1180. The summed E-state index contributed by atoms with van der Waals surface area (Å²) in [5.41, 5.74) is 2.44. The number of rotatable bonds is 7. The molecule has 0 aliphatic carbocycles. The third kappa shape index (κ3) is 6.61. The van der Waals surface area contributed by atoms with Gasteiger partial charge in [0, 0.05) is 13.1 Å². The molecule has 1 fully saturated rings. The zero-order valence-electron chi connectivity index (χ0n) is 22.0. The smallest absolute Gasteiger partial charge is 0.337 e. The number of allylic oxidation sites excluding steroid dienone is 1. The summed E-state index contributed by atoms with van der Waals surface area (Å²) in [7, 11) is 4.52. The first-order valence-electron chi connectivity index (χ1n) is 12.2. The van der Waals surface area contributed by atoms with E-state index in [9.17, 15) is 10.1 Å². The topological polar surface area (TPSA) is 111 Å². The highest BCUT2D eigenvalue weighted by molar-refractivity contribution is 7.84. The number of esters is 1. The molecule has 2 N–H and O–H groups in total. The van der Waals surface area contributed by atoms with Gasteiger partial charge in [0.2, 0.25) is 5.75 Å². The Morgan fingerprint density at radius 2 is 1.71 bits per heavy atom. The quantitative estimate of drug-likeness (QED) is 0.359. The van der Waals surface area contributed by atoms with E-state index in [0.29, 0.717) is 39.1 Å². The molecule has 1 unspecified atom stereocenters. The maximum absolute atomic E-state index is 13.2. The fourth-order valence-electron chi connectivity index (χ4n) is 4.17. The normalized spacial score (nSPS) is 16.9. The second-order valence-electron chi connectivity index (χ2n) is 8.13. The van der Waals surface area contributed by atoms with Gasteiger partial charge in [-0.05, 0) is 30.2 Å². The van der Waals surface area contributed by atoms with Crippen LogP contribution in [0.1, 0.15) is 24.0 Å². The highest BCUT2D eigenvalue weighted by Gasteiger charge is 2.37. The van der Waals surface area contributed by atoms with Crippen molar-refractivity contribution in [3.63, 3.8) is 0 Å². The van der Waals surface area contributed by atoms with Crippen molar-refractivity contribution in [1.82, 2.24) is 10.6 Å². The summed E-state index contributed by atoms with van der Waals surface area (Å²) < 4.78 is 26.8. The molecule has 0 bridgehead atoms. The van der Waals surface area contributed by atoms with Crippen LogP contribution in [0.4, 0.5) is 0 Å². The lowest BCUT2D eigenvalue weighted by atomic mass is 9.81. The SMILES string of the molecule is C1COCCN1.CCOC(=O)C1=C(c2ccccc2)NC(S)=C(C#N)C1c1cc(OC)c(OC)c(OC)c1. The first-order chi connectivity index (χ1) is 18.5. The predicted molar refractivity (Wildman–Crippen MR) is 147 cm³/mol. The van der Waals surface area contributed by atoms with Crippen LogP contribution in [-0.4, -0.2) is 60.2 Å². The molecule has 1 atom stereocenters. The van der Waals surface area contributed by atoms with E-state index >= 15 is 0 Å². The first kappa shape index (κ1) is 28.9. The van der Waals surface area contributed by atoms with Crippen LogP contribution in [0.25, 0.3) is 5.70 Å². The van der Waals surface area contributed by atoms with Crippen molar-refractivity contribution in [2.24, 2.45) is 0 Å². The molecule has 2 aromatic rings. The molecule has 38 heavy (non-hydrogen) atoms. The fourth-order valence-corrected chi connectivity index (χ4v) is 4.47. The molecule has 9 nitrogen and oxygen atoms in total. The standard InChI is InChI=1S/C24H24N2O5S.C4H9NO/c1-5-31-24(27)20-19(15-11-17(28-2)22(30-4)18(12-15)29-3)16(13-25)23(32)26-21(20)14-9-7-6-8-10-14;1-3-6-4-2-5-1/h6-12,19,26,32H,5H2,1-4H3;5H,1-4H2. The Labute approximate surface area is 228 Å². The number of morpholine rings is 1. The number of methoxy groups -OCH3 is 3.